The van der Waals surface area contributed by atoms with Gasteiger partial charge in [0.15, 0.2) is 5.75 Å². The van der Waals surface area contributed by atoms with Crippen molar-refractivity contribution in [3.05, 3.63) is 47.9 Å². The number of hydrogen-bond donors (Lipinski definition) is 1. The van der Waals surface area contributed by atoms with Crippen LogP contribution in [0.3, 0.4) is 0 Å². The molecule has 3 aliphatic rings. The SMILES string of the molecule is CC#CC(=O)N1CC(n2cc(-c3cc(C#N)c4c(c3)Nc3nccc(N5CCOCC5)c3C(C)O4)cn2)C1. The molecule has 1 amide bonds. The molecule has 192 valence electrons. The third kappa shape index (κ3) is 4.19. The van der Waals surface area contributed by atoms with Crippen molar-refractivity contribution in [2.75, 3.05) is 49.6 Å². The fourth-order valence-electron chi connectivity index (χ4n) is 5.17. The number of pyridine rings is 1. The number of nitriles is 1. The highest BCUT2D eigenvalue weighted by Gasteiger charge is 2.32. The molecule has 1 atom stereocenters. The second-order valence-electron chi connectivity index (χ2n) is 9.54. The second-order valence-corrected chi connectivity index (χ2v) is 9.54. The van der Waals surface area contributed by atoms with Crippen molar-refractivity contribution in [2.24, 2.45) is 0 Å². The van der Waals surface area contributed by atoms with E-state index in [9.17, 15) is 10.1 Å². The molecule has 0 aliphatic carbocycles. The Morgan fingerprint density at radius 3 is 2.79 bits per heavy atom. The zero-order valence-corrected chi connectivity index (χ0v) is 21.3. The van der Waals surface area contributed by atoms with Crippen LogP contribution < -0.4 is 15.0 Å². The lowest BCUT2D eigenvalue weighted by molar-refractivity contribution is -0.130. The molecule has 2 saturated heterocycles. The number of likely N-dealkylation sites (tertiary alicyclic amines) is 1. The van der Waals surface area contributed by atoms with Gasteiger partial charge in [-0.3, -0.25) is 9.48 Å². The maximum atomic E-state index is 11.9. The van der Waals surface area contributed by atoms with Crippen LogP contribution in [0.25, 0.3) is 11.1 Å². The fraction of sp³-hybridized carbons (Fsp3) is 0.357. The number of carbonyl (C=O) groups is 1. The summed E-state index contributed by atoms with van der Waals surface area (Å²) in [5.41, 5.74) is 4.85. The topological polar surface area (TPSA) is 109 Å². The van der Waals surface area contributed by atoms with E-state index in [4.69, 9.17) is 9.47 Å². The van der Waals surface area contributed by atoms with Crippen molar-refractivity contribution in [3.8, 4) is 34.8 Å². The van der Waals surface area contributed by atoms with E-state index >= 15 is 0 Å². The molecule has 0 radical (unpaired) electrons. The van der Waals surface area contributed by atoms with Crippen LogP contribution in [0, 0.1) is 23.2 Å². The maximum absolute atomic E-state index is 11.9. The average Bonchev–Trinajstić information content (AvgIpc) is 3.33. The van der Waals surface area contributed by atoms with Gasteiger partial charge >= 0.3 is 0 Å². The van der Waals surface area contributed by atoms with Gasteiger partial charge in [-0.25, -0.2) is 4.98 Å². The van der Waals surface area contributed by atoms with Crippen LogP contribution in [-0.2, 0) is 9.53 Å². The van der Waals surface area contributed by atoms with Crippen molar-refractivity contribution < 1.29 is 14.3 Å². The Balaban J connectivity index is 1.30. The number of aromatic nitrogens is 3. The monoisotopic (exact) mass is 509 g/mol. The summed E-state index contributed by atoms with van der Waals surface area (Å²) in [6.45, 7) is 7.74. The predicted molar refractivity (Wildman–Crippen MR) is 141 cm³/mol. The highest BCUT2D eigenvalue weighted by molar-refractivity contribution is 5.94. The van der Waals surface area contributed by atoms with Gasteiger partial charge in [-0.2, -0.15) is 10.4 Å². The van der Waals surface area contributed by atoms with Gasteiger partial charge in [0, 0.05) is 49.8 Å². The Morgan fingerprint density at radius 1 is 1.21 bits per heavy atom. The Labute approximate surface area is 220 Å². The van der Waals surface area contributed by atoms with Gasteiger partial charge in [-0.05, 0) is 43.5 Å². The summed E-state index contributed by atoms with van der Waals surface area (Å²) in [4.78, 5) is 20.6. The number of hydrogen-bond acceptors (Lipinski definition) is 8. The van der Waals surface area contributed by atoms with Crippen molar-refractivity contribution >= 4 is 23.1 Å². The van der Waals surface area contributed by atoms with E-state index in [-0.39, 0.29) is 18.1 Å². The number of fused-ring (bicyclic) bond motifs is 2. The molecule has 3 aromatic rings. The summed E-state index contributed by atoms with van der Waals surface area (Å²) in [7, 11) is 0. The fourth-order valence-corrected chi connectivity index (χ4v) is 5.17. The number of nitrogens with one attached hydrogen (secondary N) is 1. The predicted octanol–water partition coefficient (Wildman–Crippen LogP) is 3.26. The van der Waals surface area contributed by atoms with Crippen LogP contribution in [0.5, 0.6) is 5.75 Å². The van der Waals surface area contributed by atoms with Crippen LogP contribution in [0.1, 0.15) is 37.1 Å². The van der Waals surface area contributed by atoms with Gasteiger partial charge in [0.05, 0.1) is 42.3 Å². The largest absolute Gasteiger partial charge is 0.482 e. The number of ether oxygens (including phenoxy) is 2. The molecular formula is C28H27N7O3. The van der Waals surface area contributed by atoms with E-state index in [0.29, 0.717) is 49.1 Å². The van der Waals surface area contributed by atoms with Crippen LogP contribution >= 0.6 is 0 Å². The van der Waals surface area contributed by atoms with Crippen LogP contribution in [-0.4, -0.2) is 65.0 Å². The Kier molecular flexibility index (Phi) is 6.10. The first kappa shape index (κ1) is 23.8. The van der Waals surface area contributed by atoms with Gasteiger partial charge in [0.1, 0.15) is 18.0 Å². The normalized spacial score (nSPS) is 18.4. The molecule has 10 heteroatoms. The highest BCUT2D eigenvalue weighted by atomic mass is 16.5. The molecule has 1 N–H and O–H groups in total. The minimum absolute atomic E-state index is 0.0969. The first-order chi connectivity index (χ1) is 18.6. The molecule has 0 bridgehead atoms. The second kappa shape index (κ2) is 9.73. The summed E-state index contributed by atoms with van der Waals surface area (Å²) in [5.74, 6) is 6.28. The number of morpholine rings is 1. The zero-order valence-electron chi connectivity index (χ0n) is 21.3. The van der Waals surface area contributed by atoms with E-state index in [1.165, 1.54) is 0 Å². The van der Waals surface area contributed by atoms with Gasteiger partial charge in [-0.15, -0.1) is 0 Å². The summed E-state index contributed by atoms with van der Waals surface area (Å²) < 4.78 is 13.8. The van der Waals surface area contributed by atoms with Gasteiger partial charge in [0.25, 0.3) is 5.91 Å². The van der Waals surface area contributed by atoms with Gasteiger partial charge < -0.3 is 24.6 Å². The number of benzene rings is 1. The third-order valence-corrected chi connectivity index (χ3v) is 7.17. The summed E-state index contributed by atoms with van der Waals surface area (Å²) >= 11 is 0. The number of nitrogens with zero attached hydrogens (tertiary/aromatic N) is 6. The van der Waals surface area contributed by atoms with Crippen molar-refractivity contribution in [1.29, 1.82) is 5.26 Å². The molecule has 2 fully saturated rings. The van der Waals surface area contributed by atoms with Crippen LogP contribution in [0.15, 0.2) is 36.8 Å². The van der Waals surface area contributed by atoms with Crippen molar-refractivity contribution in [2.45, 2.75) is 26.0 Å². The number of rotatable bonds is 3. The molecule has 1 aromatic carbocycles. The molecule has 5 heterocycles. The molecule has 10 nitrogen and oxygen atoms in total. The number of carbonyl (C=O) groups excluding carboxylic acids is 1. The van der Waals surface area contributed by atoms with Crippen LogP contribution in [0.4, 0.5) is 17.2 Å². The Hall–Kier alpha value is -4.54. The highest BCUT2D eigenvalue weighted by Crippen LogP contribution is 2.45. The molecule has 3 aliphatic heterocycles. The first-order valence-electron chi connectivity index (χ1n) is 12.7. The van der Waals surface area contributed by atoms with E-state index in [2.05, 4.69) is 38.2 Å². The molecule has 2 aromatic heterocycles. The van der Waals surface area contributed by atoms with Crippen LogP contribution in [0.2, 0.25) is 0 Å². The minimum atomic E-state index is -0.312. The molecule has 0 spiro atoms. The molecular weight excluding hydrogens is 482 g/mol. The standard InChI is InChI=1S/C28H27N7O3/c1-3-4-25(36)34-16-22(17-34)35-15-21(14-31-35)19-11-20(13-29)27-23(12-19)32-28-26(18(2)38-27)24(5-6-30-28)33-7-9-37-10-8-33/h5-6,11-12,14-15,18,22H,7-10,16-17H2,1-2H3,(H,30,32). The van der Waals surface area contributed by atoms with E-state index in [0.717, 1.165) is 35.5 Å². The Morgan fingerprint density at radius 2 is 2.03 bits per heavy atom. The van der Waals surface area contributed by atoms with Gasteiger partial charge in [-0.1, -0.05) is 5.92 Å². The van der Waals surface area contributed by atoms with E-state index in [1.807, 2.05) is 36.0 Å². The van der Waals surface area contributed by atoms with Crippen molar-refractivity contribution in [1.82, 2.24) is 19.7 Å². The number of amides is 1. The average molecular weight is 510 g/mol. The Bertz CT molecular complexity index is 1500. The lowest BCUT2D eigenvalue weighted by atomic mass is 10.0. The van der Waals surface area contributed by atoms with E-state index in [1.54, 1.807) is 24.2 Å². The maximum Gasteiger partial charge on any atom is 0.298 e. The summed E-state index contributed by atoms with van der Waals surface area (Å²) in [5, 5.41) is 18.0. The smallest absolute Gasteiger partial charge is 0.298 e. The molecule has 38 heavy (non-hydrogen) atoms. The lowest BCUT2D eigenvalue weighted by Crippen LogP contribution is -2.50. The lowest BCUT2D eigenvalue weighted by Gasteiger charge is -2.37. The first-order valence-corrected chi connectivity index (χ1v) is 12.7. The molecule has 0 saturated carbocycles. The summed E-state index contributed by atoms with van der Waals surface area (Å²) in [6.07, 6.45) is 5.21. The minimum Gasteiger partial charge on any atom is -0.482 e. The van der Waals surface area contributed by atoms with Gasteiger partial charge in [0.2, 0.25) is 0 Å². The van der Waals surface area contributed by atoms with E-state index < -0.39 is 0 Å². The quantitative estimate of drug-likeness (QED) is 0.536. The number of anilines is 3. The third-order valence-electron chi connectivity index (χ3n) is 7.17. The van der Waals surface area contributed by atoms with Crippen molar-refractivity contribution in [3.63, 3.8) is 0 Å². The summed E-state index contributed by atoms with van der Waals surface area (Å²) in [6, 6.07) is 8.21. The molecule has 6 rings (SSSR count). The molecule has 1 unspecified atom stereocenters. The zero-order chi connectivity index (χ0) is 26.2.